The third-order valence-electron chi connectivity index (χ3n) is 2.20. The van der Waals surface area contributed by atoms with Gasteiger partial charge in [-0.3, -0.25) is 4.79 Å². The van der Waals surface area contributed by atoms with Crippen molar-refractivity contribution >= 4 is 17.7 Å². The molecule has 0 bridgehead atoms. The van der Waals surface area contributed by atoms with Crippen molar-refractivity contribution < 1.29 is 9.53 Å². The van der Waals surface area contributed by atoms with Gasteiger partial charge in [-0.1, -0.05) is 6.92 Å². The van der Waals surface area contributed by atoms with Gasteiger partial charge in [0.15, 0.2) is 0 Å². The maximum Gasteiger partial charge on any atom is 0.309 e. The summed E-state index contributed by atoms with van der Waals surface area (Å²) in [4.78, 5) is 15.3. The summed E-state index contributed by atoms with van der Waals surface area (Å²) in [7, 11) is 1.41. The highest BCUT2D eigenvalue weighted by Gasteiger charge is 2.13. The fourth-order valence-corrected chi connectivity index (χ4v) is 2.27. The van der Waals surface area contributed by atoms with Crippen LogP contribution >= 0.6 is 11.8 Å². The number of nitrogens with zero attached hydrogens (tertiary/aromatic N) is 3. The van der Waals surface area contributed by atoms with E-state index in [1.165, 1.54) is 7.11 Å². The number of ether oxygens (including phenoxy) is 1. The lowest BCUT2D eigenvalue weighted by atomic mass is 10.2. The summed E-state index contributed by atoms with van der Waals surface area (Å²) in [5, 5.41) is 4.08. The molecule has 1 heterocycles. The van der Waals surface area contributed by atoms with Gasteiger partial charge in [-0.2, -0.15) is 16.9 Å². The minimum atomic E-state index is -0.163. The van der Waals surface area contributed by atoms with E-state index in [2.05, 4.69) is 14.8 Å². The predicted molar refractivity (Wildman–Crippen MR) is 63.0 cm³/mol. The molecule has 0 saturated carbocycles. The molecule has 0 fully saturated rings. The van der Waals surface area contributed by atoms with Gasteiger partial charge in [0, 0.05) is 12.3 Å². The maximum atomic E-state index is 11.2. The van der Waals surface area contributed by atoms with Crippen molar-refractivity contribution in [1.29, 1.82) is 0 Å². The average Bonchev–Trinajstić information content (AvgIpc) is 2.75. The first kappa shape index (κ1) is 13.0. The van der Waals surface area contributed by atoms with E-state index in [4.69, 9.17) is 0 Å². The molecule has 1 aromatic heterocycles. The zero-order valence-corrected chi connectivity index (χ0v) is 10.7. The first-order valence-electron chi connectivity index (χ1n) is 5.21. The minimum absolute atomic E-state index is 0.0759. The molecule has 0 spiro atoms. The Morgan fingerprint density at radius 3 is 3.06 bits per heavy atom. The van der Waals surface area contributed by atoms with Crippen molar-refractivity contribution in [2.45, 2.75) is 26.1 Å². The Morgan fingerprint density at radius 1 is 1.69 bits per heavy atom. The molecule has 0 saturated heterocycles. The number of thioether (sulfide) groups is 1. The number of aryl methyl sites for hydroxylation is 1. The lowest BCUT2D eigenvalue weighted by Crippen LogP contribution is -2.15. The van der Waals surface area contributed by atoms with Crippen LogP contribution in [0.2, 0.25) is 0 Å². The Morgan fingerprint density at radius 2 is 2.44 bits per heavy atom. The van der Waals surface area contributed by atoms with E-state index in [-0.39, 0.29) is 11.9 Å². The Hall–Kier alpha value is -1.04. The molecule has 0 N–H and O–H groups in total. The van der Waals surface area contributed by atoms with E-state index < -0.39 is 0 Å². The van der Waals surface area contributed by atoms with Gasteiger partial charge in [0.1, 0.15) is 12.2 Å². The topological polar surface area (TPSA) is 57.0 Å². The highest BCUT2D eigenvalue weighted by Crippen LogP contribution is 2.14. The fraction of sp³-hybridized carbons (Fsp3) is 0.700. The van der Waals surface area contributed by atoms with Crippen molar-refractivity contribution in [2.75, 3.05) is 12.9 Å². The molecule has 0 aliphatic rings. The summed E-state index contributed by atoms with van der Waals surface area (Å²) < 4.78 is 6.52. The second-order valence-electron chi connectivity index (χ2n) is 3.43. The standard InChI is InChI=1S/C10H17N3O2S/c1-4-13-9(11-7-12-13)6-16-5-8(2)10(14)15-3/h7-8H,4-6H2,1-3H3. The number of carbonyl (C=O) groups is 1. The normalized spacial score (nSPS) is 12.4. The third-order valence-corrected chi connectivity index (χ3v) is 3.40. The van der Waals surface area contributed by atoms with Gasteiger partial charge in [0.25, 0.3) is 0 Å². The van der Waals surface area contributed by atoms with Crippen molar-refractivity contribution in [3.05, 3.63) is 12.2 Å². The van der Waals surface area contributed by atoms with E-state index in [1.807, 2.05) is 18.5 Å². The van der Waals surface area contributed by atoms with Gasteiger partial charge in [0.05, 0.1) is 18.8 Å². The monoisotopic (exact) mass is 243 g/mol. The molecule has 1 atom stereocenters. The quantitative estimate of drug-likeness (QED) is 0.706. The molecule has 0 aliphatic heterocycles. The average molecular weight is 243 g/mol. The molecule has 0 aromatic carbocycles. The highest BCUT2D eigenvalue weighted by molar-refractivity contribution is 7.98. The Kier molecular flexibility index (Phi) is 5.31. The van der Waals surface area contributed by atoms with Crippen LogP contribution in [0, 0.1) is 5.92 Å². The van der Waals surface area contributed by atoms with Crippen LogP contribution < -0.4 is 0 Å². The lowest BCUT2D eigenvalue weighted by molar-refractivity contribution is -0.143. The molecule has 90 valence electrons. The summed E-state index contributed by atoms with van der Waals surface area (Å²) in [5.41, 5.74) is 0. The Bertz CT molecular complexity index is 341. The molecular weight excluding hydrogens is 226 g/mol. The number of carbonyl (C=O) groups excluding carboxylic acids is 1. The molecule has 5 nitrogen and oxygen atoms in total. The molecule has 0 aliphatic carbocycles. The Labute approximate surface area is 99.6 Å². The zero-order valence-electron chi connectivity index (χ0n) is 9.84. The molecular formula is C10H17N3O2S. The van der Waals surface area contributed by atoms with E-state index in [9.17, 15) is 4.79 Å². The van der Waals surface area contributed by atoms with Crippen molar-refractivity contribution in [3.63, 3.8) is 0 Å². The number of hydrogen-bond donors (Lipinski definition) is 0. The summed E-state index contributed by atoms with van der Waals surface area (Å²) in [6.07, 6.45) is 1.56. The van der Waals surface area contributed by atoms with Crippen molar-refractivity contribution in [3.8, 4) is 0 Å². The summed E-state index contributed by atoms with van der Waals surface area (Å²) >= 11 is 1.67. The van der Waals surface area contributed by atoms with Crippen LogP contribution in [-0.2, 0) is 21.8 Å². The van der Waals surface area contributed by atoms with Gasteiger partial charge >= 0.3 is 5.97 Å². The van der Waals surface area contributed by atoms with Gasteiger partial charge in [-0.15, -0.1) is 0 Å². The molecule has 0 radical (unpaired) electrons. The van der Waals surface area contributed by atoms with Crippen LogP contribution in [0.25, 0.3) is 0 Å². The second kappa shape index (κ2) is 6.52. The van der Waals surface area contributed by atoms with Gasteiger partial charge < -0.3 is 4.74 Å². The number of rotatable bonds is 6. The molecule has 0 amide bonds. The van der Waals surface area contributed by atoms with E-state index in [1.54, 1.807) is 18.1 Å². The highest BCUT2D eigenvalue weighted by atomic mass is 32.2. The van der Waals surface area contributed by atoms with E-state index in [0.29, 0.717) is 0 Å². The van der Waals surface area contributed by atoms with Crippen LogP contribution in [0.1, 0.15) is 19.7 Å². The van der Waals surface area contributed by atoms with Crippen LogP contribution in [0.5, 0.6) is 0 Å². The summed E-state index contributed by atoms with van der Waals surface area (Å²) in [6, 6.07) is 0. The fourth-order valence-electron chi connectivity index (χ4n) is 1.26. The van der Waals surface area contributed by atoms with Gasteiger partial charge in [-0.05, 0) is 6.92 Å². The smallest absolute Gasteiger partial charge is 0.309 e. The largest absolute Gasteiger partial charge is 0.469 e. The molecule has 6 heteroatoms. The van der Waals surface area contributed by atoms with Crippen LogP contribution in [0.4, 0.5) is 0 Å². The van der Waals surface area contributed by atoms with Crippen LogP contribution in [-0.4, -0.2) is 33.6 Å². The zero-order chi connectivity index (χ0) is 12.0. The minimum Gasteiger partial charge on any atom is -0.469 e. The summed E-state index contributed by atoms with van der Waals surface area (Å²) in [6.45, 7) is 4.71. The maximum absolute atomic E-state index is 11.2. The Balaban J connectivity index is 2.33. The number of esters is 1. The predicted octanol–water partition coefficient (Wildman–Crippen LogP) is 1.34. The number of methoxy groups -OCH3 is 1. The van der Waals surface area contributed by atoms with Gasteiger partial charge in [-0.25, -0.2) is 9.67 Å². The molecule has 1 rings (SSSR count). The molecule has 16 heavy (non-hydrogen) atoms. The number of hydrogen-bond acceptors (Lipinski definition) is 5. The second-order valence-corrected chi connectivity index (χ2v) is 4.46. The lowest BCUT2D eigenvalue weighted by Gasteiger charge is -2.08. The first-order chi connectivity index (χ1) is 7.69. The SMILES string of the molecule is CCn1ncnc1CSCC(C)C(=O)OC. The molecule has 1 unspecified atom stereocenters. The summed E-state index contributed by atoms with van der Waals surface area (Å²) in [5.74, 6) is 2.22. The van der Waals surface area contributed by atoms with E-state index in [0.717, 1.165) is 23.9 Å². The van der Waals surface area contributed by atoms with Gasteiger partial charge in [0.2, 0.25) is 0 Å². The number of aromatic nitrogens is 3. The van der Waals surface area contributed by atoms with E-state index >= 15 is 0 Å². The first-order valence-corrected chi connectivity index (χ1v) is 6.36. The third kappa shape index (κ3) is 3.52. The van der Waals surface area contributed by atoms with Crippen molar-refractivity contribution in [2.24, 2.45) is 5.92 Å². The van der Waals surface area contributed by atoms with Crippen molar-refractivity contribution in [1.82, 2.24) is 14.8 Å². The van der Waals surface area contributed by atoms with Crippen LogP contribution in [0.3, 0.4) is 0 Å². The molecule has 1 aromatic rings. The van der Waals surface area contributed by atoms with Crippen LogP contribution in [0.15, 0.2) is 6.33 Å².